The van der Waals surface area contributed by atoms with Crippen LogP contribution in [0.25, 0.3) is 0 Å². The number of Topliss-reactive ketones (excluding diaryl/α,β-unsaturated/α-hetero) is 1. The van der Waals surface area contributed by atoms with Crippen molar-refractivity contribution in [2.24, 2.45) is 12.8 Å². The lowest BCUT2D eigenvalue weighted by molar-refractivity contribution is 0.0972. The fourth-order valence-electron chi connectivity index (χ4n) is 3.16. The van der Waals surface area contributed by atoms with Crippen molar-refractivity contribution in [1.82, 2.24) is 4.57 Å². The zero-order chi connectivity index (χ0) is 21.3. The van der Waals surface area contributed by atoms with Gasteiger partial charge in [0.1, 0.15) is 0 Å². The topological polar surface area (TPSA) is 68.2 Å². The minimum Gasteiger partial charge on any atom is -0.396 e. The van der Waals surface area contributed by atoms with E-state index in [1.165, 1.54) is 11.1 Å². The van der Waals surface area contributed by atoms with Gasteiger partial charge in [-0.25, -0.2) is 0 Å². The molecule has 0 radical (unpaired) electrons. The molecule has 1 rings (SSSR count). The number of ketones is 1. The average molecular weight is 387 g/mol. The minimum atomic E-state index is -0.387. The smallest absolute Gasteiger partial charge is 0.179 e. The lowest BCUT2D eigenvalue weighted by Gasteiger charge is -2.23. The van der Waals surface area contributed by atoms with Gasteiger partial charge in [-0.3, -0.25) is 4.79 Å². The predicted octanol–water partition coefficient (Wildman–Crippen LogP) is 4.88. The number of rotatable bonds is 12. The predicted molar refractivity (Wildman–Crippen MR) is 119 cm³/mol. The average Bonchev–Trinajstić information content (AvgIpc) is 2.99. The van der Waals surface area contributed by atoms with Gasteiger partial charge in [-0.15, -0.1) is 0 Å². The molecule has 4 nitrogen and oxygen atoms in total. The van der Waals surface area contributed by atoms with Gasteiger partial charge < -0.3 is 15.4 Å². The number of hydrogen-bond acceptors (Lipinski definition) is 3. The Balaban J connectivity index is 2.63. The third-order valence-corrected chi connectivity index (χ3v) is 5.46. The summed E-state index contributed by atoms with van der Waals surface area (Å²) in [5.41, 5.74) is 11.2. The molecule has 0 saturated carbocycles. The number of aliphatic hydroxyl groups excluding tert-OH is 1. The third kappa shape index (κ3) is 7.61. The maximum atomic E-state index is 12.7. The molecule has 3 N–H and O–H groups in total. The molecule has 1 heterocycles. The number of aromatic nitrogens is 1. The van der Waals surface area contributed by atoms with Gasteiger partial charge in [-0.2, -0.15) is 0 Å². The number of nitrogens with two attached hydrogens (primary N) is 1. The minimum absolute atomic E-state index is 0.0964. The molecule has 4 heteroatoms. The van der Waals surface area contributed by atoms with E-state index in [1.54, 1.807) is 0 Å². The molecular weight excluding hydrogens is 348 g/mol. The SMILES string of the molecule is C=C(C)/C(C)=C\C(=C/C)CCCC(=O)c1ccc(CC[C@@](C)(N)CCO)n1C. The molecule has 0 fully saturated rings. The van der Waals surface area contributed by atoms with Crippen LogP contribution in [0.15, 0.2) is 47.6 Å². The Morgan fingerprint density at radius 3 is 2.54 bits per heavy atom. The summed E-state index contributed by atoms with van der Waals surface area (Å²) >= 11 is 0. The van der Waals surface area contributed by atoms with E-state index in [-0.39, 0.29) is 17.9 Å². The Labute approximate surface area is 170 Å². The van der Waals surface area contributed by atoms with E-state index in [4.69, 9.17) is 10.8 Å². The number of aryl methyl sites for hydroxylation is 1. The maximum absolute atomic E-state index is 12.7. The molecule has 1 atom stereocenters. The standard InChI is InChI=1S/C24H38N2O2/c1-7-20(17-19(4)18(2)3)9-8-10-23(28)22-12-11-21(26(22)6)13-14-24(5,25)15-16-27/h7,11-12,17,27H,2,8-10,13-16,25H2,1,3-6H3/b19-17-,20-7-/t24-/m1/s1. The van der Waals surface area contributed by atoms with Crippen molar-refractivity contribution in [3.8, 4) is 0 Å². The van der Waals surface area contributed by atoms with Crippen molar-refractivity contribution >= 4 is 5.78 Å². The van der Waals surface area contributed by atoms with Gasteiger partial charge in [-0.1, -0.05) is 29.9 Å². The number of allylic oxidation sites excluding steroid dienone is 5. The van der Waals surface area contributed by atoms with Crippen molar-refractivity contribution in [1.29, 1.82) is 0 Å². The largest absolute Gasteiger partial charge is 0.396 e. The van der Waals surface area contributed by atoms with Crippen LogP contribution in [-0.4, -0.2) is 27.6 Å². The highest BCUT2D eigenvalue weighted by Gasteiger charge is 2.19. The van der Waals surface area contributed by atoms with E-state index in [1.807, 2.05) is 44.5 Å². The molecule has 0 aliphatic heterocycles. The summed E-state index contributed by atoms with van der Waals surface area (Å²) in [6.07, 6.45) is 8.66. The monoisotopic (exact) mass is 386 g/mol. The third-order valence-electron chi connectivity index (χ3n) is 5.46. The Hall–Kier alpha value is -1.91. The summed E-state index contributed by atoms with van der Waals surface area (Å²) in [4.78, 5) is 12.7. The lowest BCUT2D eigenvalue weighted by atomic mass is 9.93. The fourth-order valence-corrected chi connectivity index (χ4v) is 3.16. The summed E-state index contributed by atoms with van der Waals surface area (Å²) in [5, 5.41) is 9.10. The molecule has 0 aromatic carbocycles. The molecule has 1 aromatic rings. The number of aliphatic hydroxyl groups is 1. The highest BCUT2D eigenvalue weighted by Crippen LogP contribution is 2.19. The molecule has 0 bridgehead atoms. The van der Waals surface area contributed by atoms with Gasteiger partial charge in [0, 0.05) is 31.3 Å². The molecule has 0 unspecified atom stereocenters. The van der Waals surface area contributed by atoms with Crippen LogP contribution in [0.4, 0.5) is 0 Å². The first-order valence-electron chi connectivity index (χ1n) is 10.2. The summed E-state index contributed by atoms with van der Waals surface area (Å²) in [6.45, 7) is 12.1. The number of carbonyl (C=O) groups is 1. The second-order valence-corrected chi connectivity index (χ2v) is 8.14. The van der Waals surface area contributed by atoms with E-state index in [0.29, 0.717) is 12.8 Å². The van der Waals surface area contributed by atoms with Gasteiger partial charge in [0.05, 0.1) is 5.69 Å². The zero-order valence-electron chi connectivity index (χ0n) is 18.3. The van der Waals surface area contributed by atoms with Gasteiger partial charge in [0.15, 0.2) is 5.78 Å². The molecule has 0 aliphatic rings. The fraction of sp³-hybridized carbons (Fsp3) is 0.542. The van der Waals surface area contributed by atoms with Crippen molar-refractivity contribution < 1.29 is 9.90 Å². The van der Waals surface area contributed by atoms with Crippen molar-refractivity contribution in [3.05, 3.63) is 59.0 Å². The Kier molecular flexibility index (Phi) is 9.63. The zero-order valence-corrected chi connectivity index (χ0v) is 18.3. The maximum Gasteiger partial charge on any atom is 0.179 e. The quantitative estimate of drug-likeness (QED) is 0.397. The van der Waals surface area contributed by atoms with Crippen LogP contribution in [0, 0.1) is 0 Å². The normalized spacial score (nSPS) is 14.8. The second kappa shape index (κ2) is 11.2. The van der Waals surface area contributed by atoms with Crippen LogP contribution in [0.3, 0.4) is 0 Å². The van der Waals surface area contributed by atoms with Crippen LogP contribution in [-0.2, 0) is 13.5 Å². The van der Waals surface area contributed by atoms with E-state index in [2.05, 4.69) is 25.7 Å². The van der Waals surface area contributed by atoms with Gasteiger partial charge >= 0.3 is 0 Å². The van der Waals surface area contributed by atoms with Crippen LogP contribution in [0.5, 0.6) is 0 Å². The summed E-state index contributed by atoms with van der Waals surface area (Å²) in [7, 11) is 1.94. The molecule has 0 saturated heterocycles. The highest BCUT2D eigenvalue weighted by atomic mass is 16.3. The first kappa shape index (κ1) is 24.1. The second-order valence-electron chi connectivity index (χ2n) is 8.14. The van der Waals surface area contributed by atoms with Crippen molar-refractivity contribution in [2.45, 2.75) is 71.8 Å². The van der Waals surface area contributed by atoms with Gasteiger partial charge in [0.25, 0.3) is 0 Å². The number of carbonyl (C=O) groups excluding carboxylic acids is 1. The Bertz CT molecular complexity index is 736. The van der Waals surface area contributed by atoms with Crippen LogP contribution >= 0.6 is 0 Å². The van der Waals surface area contributed by atoms with E-state index >= 15 is 0 Å². The van der Waals surface area contributed by atoms with E-state index in [0.717, 1.165) is 42.6 Å². The number of hydrogen-bond donors (Lipinski definition) is 2. The first-order chi connectivity index (χ1) is 13.1. The lowest BCUT2D eigenvalue weighted by Crippen LogP contribution is -2.37. The Morgan fingerprint density at radius 2 is 1.96 bits per heavy atom. The van der Waals surface area contributed by atoms with Crippen LogP contribution in [0.1, 0.15) is 76.0 Å². The number of nitrogens with zero attached hydrogens (tertiary/aromatic N) is 1. The van der Waals surface area contributed by atoms with Crippen molar-refractivity contribution in [3.63, 3.8) is 0 Å². The molecular formula is C24H38N2O2. The molecule has 156 valence electrons. The van der Waals surface area contributed by atoms with E-state index in [9.17, 15) is 4.79 Å². The van der Waals surface area contributed by atoms with Gasteiger partial charge in [-0.05, 0) is 77.5 Å². The summed E-state index contributed by atoms with van der Waals surface area (Å²) < 4.78 is 1.99. The molecule has 0 spiro atoms. The van der Waals surface area contributed by atoms with Gasteiger partial charge in [0.2, 0.25) is 0 Å². The highest BCUT2D eigenvalue weighted by molar-refractivity contribution is 5.94. The Morgan fingerprint density at radius 1 is 1.29 bits per heavy atom. The van der Waals surface area contributed by atoms with Crippen molar-refractivity contribution in [2.75, 3.05) is 6.61 Å². The summed E-state index contributed by atoms with van der Waals surface area (Å²) in [5.74, 6) is 0.177. The van der Waals surface area contributed by atoms with E-state index < -0.39 is 0 Å². The summed E-state index contributed by atoms with van der Waals surface area (Å²) in [6, 6.07) is 3.93. The molecule has 28 heavy (non-hydrogen) atoms. The first-order valence-corrected chi connectivity index (χ1v) is 10.2. The van der Waals surface area contributed by atoms with Crippen LogP contribution < -0.4 is 5.73 Å². The molecule has 1 aromatic heterocycles. The molecule has 0 amide bonds. The van der Waals surface area contributed by atoms with Crippen LogP contribution in [0.2, 0.25) is 0 Å². The molecule has 0 aliphatic carbocycles.